The van der Waals surface area contributed by atoms with Crippen molar-refractivity contribution in [1.29, 1.82) is 10.5 Å². The molecule has 0 bridgehead atoms. The minimum atomic E-state index is -0.300. The van der Waals surface area contributed by atoms with Gasteiger partial charge in [0.25, 0.3) is 0 Å². The van der Waals surface area contributed by atoms with E-state index in [0.717, 1.165) is 33.6 Å². The van der Waals surface area contributed by atoms with Crippen LogP contribution in [-0.2, 0) is 19.1 Å². The van der Waals surface area contributed by atoms with Gasteiger partial charge in [-0.05, 0) is 58.7 Å². The first kappa shape index (κ1) is 31.2. The molecule has 42 heavy (non-hydrogen) atoms. The van der Waals surface area contributed by atoms with Crippen LogP contribution in [0.3, 0.4) is 0 Å². The fourth-order valence-corrected chi connectivity index (χ4v) is 4.08. The molecule has 0 aliphatic rings. The summed E-state index contributed by atoms with van der Waals surface area (Å²) in [5, 5.41) is 19.6. The van der Waals surface area contributed by atoms with Gasteiger partial charge in [0.1, 0.15) is 13.2 Å². The summed E-state index contributed by atoms with van der Waals surface area (Å²) in [6, 6.07) is 27.5. The molecule has 0 saturated carbocycles. The van der Waals surface area contributed by atoms with Gasteiger partial charge >= 0.3 is 11.9 Å². The molecule has 0 fully saturated rings. The number of esters is 2. The van der Waals surface area contributed by atoms with E-state index in [1.807, 2.05) is 109 Å². The fourth-order valence-electron chi connectivity index (χ4n) is 4.08. The quantitative estimate of drug-likeness (QED) is 0.155. The molecule has 0 atom stereocenters. The average Bonchev–Trinajstić information content (AvgIpc) is 2.99. The van der Waals surface area contributed by atoms with E-state index >= 15 is 0 Å². The highest BCUT2D eigenvalue weighted by Crippen LogP contribution is 2.24. The van der Waals surface area contributed by atoms with E-state index in [4.69, 9.17) is 9.47 Å². The Labute approximate surface area is 247 Å². The zero-order chi connectivity index (χ0) is 30.5. The third-order valence-electron chi connectivity index (χ3n) is 6.50. The van der Waals surface area contributed by atoms with Crippen LogP contribution < -0.4 is 9.80 Å². The van der Waals surface area contributed by atoms with Crippen LogP contribution in [0.4, 0.5) is 11.4 Å². The van der Waals surface area contributed by atoms with Crippen molar-refractivity contribution in [2.75, 3.05) is 50.2 Å². The zero-order valence-electron chi connectivity index (χ0n) is 24.3. The van der Waals surface area contributed by atoms with Crippen LogP contribution >= 0.6 is 0 Å². The number of hydrogen-bond donors (Lipinski definition) is 0. The molecule has 0 aliphatic carbocycles. The predicted molar refractivity (Wildman–Crippen MR) is 166 cm³/mol. The number of likely N-dealkylation sites (N-methyl/N-ethyl adjacent to an activating group) is 2. The number of anilines is 2. The molecule has 0 radical (unpaired) electrons. The Morgan fingerprint density at radius 3 is 1.26 bits per heavy atom. The SMILES string of the molecule is CC(=O)OCCN(C)c1ccc(/C=C(\C#N)c2ccc(/C(C#N)=C/c3ccc(N(C)CCOC(C)=O)cc3)cc2)cc1. The van der Waals surface area contributed by atoms with Gasteiger partial charge in [0.2, 0.25) is 0 Å². The van der Waals surface area contributed by atoms with Gasteiger partial charge in [-0.3, -0.25) is 9.59 Å². The van der Waals surface area contributed by atoms with Crippen molar-refractivity contribution in [3.63, 3.8) is 0 Å². The van der Waals surface area contributed by atoms with Crippen molar-refractivity contribution in [3.05, 3.63) is 95.1 Å². The lowest BCUT2D eigenvalue weighted by Gasteiger charge is -2.19. The smallest absolute Gasteiger partial charge is 0.302 e. The molecular weight excluding hydrogens is 528 g/mol. The first-order valence-corrected chi connectivity index (χ1v) is 13.4. The third kappa shape index (κ3) is 9.39. The van der Waals surface area contributed by atoms with Gasteiger partial charge in [-0.25, -0.2) is 0 Å². The number of allylic oxidation sites excluding steroid dienone is 2. The molecule has 3 aromatic carbocycles. The van der Waals surface area contributed by atoms with Crippen LogP contribution in [0.1, 0.15) is 36.1 Å². The lowest BCUT2D eigenvalue weighted by Crippen LogP contribution is -2.23. The summed E-state index contributed by atoms with van der Waals surface area (Å²) in [4.78, 5) is 25.9. The highest BCUT2D eigenvalue weighted by Gasteiger charge is 2.07. The number of carbonyl (C=O) groups excluding carboxylic acids is 2. The minimum Gasteiger partial charge on any atom is -0.464 e. The van der Waals surface area contributed by atoms with Gasteiger partial charge in [-0.15, -0.1) is 0 Å². The predicted octanol–water partition coefficient (Wildman–Crippen LogP) is 5.81. The molecule has 3 rings (SSSR count). The van der Waals surface area contributed by atoms with Crippen molar-refractivity contribution in [2.45, 2.75) is 13.8 Å². The number of rotatable bonds is 12. The van der Waals surface area contributed by atoms with Crippen LogP contribution in [-0.4, -0.2) is 52.3 Å². The molecule has 0 spiro atoms. The zero-order valence-corrected chi connectivity index (χ0v) is 24.3. The number of benzene rings is 3. The first-order valence-electron chi connectivity index (χ1n) is 13.4. The summed E-state index contributed by atoms with van der Waals surface area (Å²) >= 11 is 0. The number of hydrogen-bond acceptors (Lipinski definition) is 8. The van der Waals surface area contributed by atoms with Gasteiger partial charge in [0.05, 0.1) is 36.4 Å². The second-order valence-corrected chi connectivity index (χ2v) is 9.62. The van der Waals surface area contributed by atoms with Gasteiger partial charge in [-0.1, -0.05) is 48.5 Å². The van der Waals surface area contributed by atoms with Gasteiger partial charge < -0.3 is 19.3 Å². The topological polar surface area (TPSA) is 107 Å². The summed E-state index contributed by atoms with van der Waals surface area (Å²) < 4.78 is 10.0. The largest absolute Gasteiger partial charge is 0.464 e. The van der Waals surface area contributed by atoms with Crippen LogP contribution in [0.2, 0.25) is 0 Å². The van der Waals surface area contributed by atoms with E-state index in [0.29, 0.717) is 37.4 Å². The second-order valence-electron chi connectivity index (χ2n) is 9.62. The number of nitrogens with zero attached hydrogens (tertiary/aromatic N) is 4. The number of nitriles is 2. The van der Waals surface area contributed by atoms with Crippen molar-refractivity contribution >= 4 is 46.6 Å². The molecule has 0 saturated heterocycles. The molecule has 214 valence electrons. The Hall–Kier alpha value is -5.34. The van der Waals surface area contributed by atoms with Gasteiger partial charge in [-0.2, -0.15) is 10.5 Å². The van der Waals surface area contributed by atoms with Gasteiger partial charge in [0, 0.05) is 39.3 Å². The Morgan fingerprint density at radius 1 is 0.643 bits per heavy atom. The molecule has 8 heteroatoms. The summed E-state index contributed by atoms with van der Waals surface area (Å²) in [6.45, 7) is 4.56. The molecule has 3 aromatic rings. The second kappa shape index (κ2) is 15.4. The minimum absolute atomic E-state index is 0.300. The van der Waals surface area contributed by atoms with E-state index < -0.39 is 0 Å². The lowest BCUT2D eigenvalue weighted by atomic mass is 9.98. The molecule has 0 amide bonds. The molecule has 8 nitrogen and oxygen atoms in total. The fraction of sp³-hybridized carbons (Fsp3) is 0.235. The third-order valence-corrected chi connectivity index (χ3v) is 6.50. The van der Waals surface area contributed by atoms with Crippen LogP contribution in [0.25, 0.3) is 23.3 Å². The van der Waals surface area contributed by atoms with Crippen molar-refractivity contribution in [2.24, 2.45) is 0 Å². The average molecular weight is 563 g/mol. The Kier molecular flexibility index (Phi) is 11.5. The van der Waals surface area contributed by atoms with Crippen LogP contribution in [0.5, 0.6) is 0 Å². The van der Waals surface area contributed by atoms with Crippen molar-refractivity contribution in [1.82, 2.24) is 0 Å². The summed E-state index contributed by atoms with van der Waals surface area (Å²) in [5.74, 6) is -0.601. The van der Waals surface area contributed by atoms with Crippen LogP contribution in [0.15, 0.2) is 72.8 Å². The van der Waals surface area contributed by atoms with Crippen molar-refractivity contribution < 1.29 is 19.1 Å². The molecule has 0 aliphatic heterocycles. The van der Waals surface area contributed by atoms with E-state index in [9.17, 15) is 20.1 Å². The molecule has 0 heterocycles. The summed E-state index contributed by atoms with van der Waals surface area (Å²) in [7, 11) is 3.84. The summed E-state index contributed by atoms with van der Waals surface area (Å²) in [5.41, 5.74) is 6.22. The Morgan fingerprint density at radius 2 is 0.976 bits per heavy atom. The number of ether oxygens (including phenoxy) is 2. The Balaban J connectivity index is 1.69. The molecule has 0 unspecified atom stereocenters. The Bertz CT molecular complexity index is 1390. The van der Waals surface area contributed by atoms with E-state index in [1.165, 1.54) is 13.8 Å². The maximum absolute atomic E-state index is 11.0. The maximum Gasteiger partial charge on any atom is 0.302 e. The molecule has 0 N–H and O–H groups in total. The first-order chi connectivity index (χ1) is 20.2. The van der Waals surface area contributed by atoms with Gasteiger partial charge in [0.15, 0.2) is 0 Å². The highest BCUT2D eigenvalue weighted by atomic mass is 16.5. The standard InChI is InChI=1S/C34H34N4O4/c1-25(39)41-19-17-37(3)33-13-5-27(6-14-33)21-31(23-35)29-9-11-30(12-10-29)32(24-36)22-28-7-15-34(16-8-28)38(4)18-20-42-26(2)40/h5-16,21-22H,17-20H2,1-4H3/b31-21+,32-22+. The molecular formula is C34H34N4O4. The van der Waals surface area contributed by atoms with Crippen molar-refractivity contribution in [3.8, 4) is 12.1 Å². The number of carbonyl (C=O) groups is 2. The lowest BCUT2D eigenvalue weighted by molar-refractivity contribution is -0.141. The van der Waals surface area contributed by atoms with Crippen LogP contribution in [0, 0.1) is 22.7 Å². The maximum atomic E-state index is 11.0. The molecule has 0 aromatic heterocycles. The highest BCUT2D eigenvalue weighted by molar-refractivity contribution is 5.92. The van der Waals surface area contributed by atoms with E-state index in [2.05, 4.69) is 12.1 Å². The monoisotopic (exact) mass is 562 g/mol. The van der Waals surface area contributed by atoms with E-state index in [-0.39, 0.29) is 11.9 Å². The normalized spacial score (nSPS) is 11.2. The van der Waals surface area contributed by atoms with E-state index in [1.54, 1.807) is 0 Å². The summed E-state index contributed by atoms with van der Waals surface area (Å²) in [6.07, 6.45) is 3.65.